The molecule has 0 saturated heterocycles. The molecule has 1 aromatic heterocycles. The number of carboxylic acid groups (broad SMARTS) is 1. The summed E-state index contributed by atoms with van der Waals surface area (Å²) in [6.45, 7) is 5.49. The first-order valence-corrected chi connectivity index (χ1v) is 12.8. The fourth-order valence-electron chi connectivity index (χ4n) is 3.29. The van der Waals surface area contributed by atoms with E-state index in [0.29, 0.717) is 21.5 Å². The number of amides is 2. The predicted molar refractivity (Wildman–Crippen MR) is 129 cm³/mol. The molecule has 2 aliphatic rings. The summed E-state index contributed by atoms with van der Waals surface area (Å²) in [6, 6.07) is -0.940. The maximum absolute atomic E-state index is 13.1. The third-order valence-corrected chi connectivity index (χ3v) is 7.40. The van der Waals surface area contributed by atoms with Crippen molar-refractivity contribution < 1.29 is 29.0 Å². The number of carbonyl (C=O) groups excluding carboxylic acids is 3. The SMILES string of the molecule is CC(C)[C@@H]1NC(=O)[C@]2(C)CSC(=N2)c2csc(n2)CNC(=O)C[C@@H](/C=C/CCC(=O)O)OC1=O. The number of nitrogens with one attached hydrogen (secondary N) is 2. The summed E-state index contributed by atoms with van der Waals surface area (Å²) >= 11 is 2.80. The van der Waals surface area contributed by atoms with Crippen LogP contribution >= 0.6 is 23.1 Å². The lowest BCUT2D eigenvalue weighted by Gasteiger charge is -2.27. The number of fused-ring (bicyclic) bond motifs is 4. The minimum atomic E-state index is -1.06. The zero-order valence-electron chi connectivity index (χ0n) is 19.2. The molecule has 0 aromatic carbocycles. The standard InChI is InChI=1S/C22H28N4O6S2/c1-12(2)18-20(30)32-13(6-4-5-7-17(28)29)8-15(27)23-9-16-24-14(10-33-16)19-26-22(3,11-34-19)21(31)25-18/h4,6,10,12-13,18H,5,7-9,11H2,1-3H3,(H,23,27)(H,25,31)(H,28,29)/b6-4+/t13-,18+,22+/m1/s1. The minimum absolute atomic E-state index is 0.0838. The minimum Gasteiger partial charge on any atom is -0.481 e. The van der Waals surface area contributed by atoms with Crippen LogP contribution in [0.1, 0.15) is 50.7 Å². The van der Waals surface area contributed by atoms with Crippen LogP contribution in [0, 0.1) is 5.92 Å². The smallest absolute Gasteiger partial charge is 0.329 e. The number of ether oxygens (including phenoxy) is 1. The van der Waals surface area contributed by atoms with E-state index >= 15 is 0 Å². The van der Waals surface area contributed by atoms with E-state index in [1.807, 2.05) is 5.38 Å². The lowest BCUT2D eigenvalue weighted by atomic mass is 10.0. The van der Waals surface area contributed by atoms with Crippen LogP contribution in [-0.2, 0) is 30.5 Å². The third-order valence-electron chi connectivity index (χ3n) is 5.27. The van der Waals surface area contributed by atoms with Crippen molar-refractivity contribution in [2.45, 2.75) is 64.3 Å². The van der Waals surface area contributed by atoms with Crippen molar-refractivity contribution in [3.8, 4) is 0 Å². The van der Waals surface area contributed by atoms with Gasteiger partial charge in [0.2, 0.25) is 11.8 Å². The molecule has 12 heteroatoms. The third kappa shape index (κ3) is 6.66. The van der Waals surface area contributed by atoms with Gasteiger partial charge in [0.1, 0.15) is 33.4 Å². The van der Waals surface area contributed by atoms with Gasteiger partial charge in [-0.05, 0) is 25.3 Å². The van der Waals surface area contributed by atoms with Gasteiger partial charge < -0.3 is 20.5 Å². The molecule has 10 nitrogen and oxygen atoms in total. The number of thioether (sulfide) groups is 1. The first kappa shape index (κ1) is 25.9. The molecule has 0 aliphatic carbocycles. The molecular weight excluding hydrogens is 480 g/mol. The van der Waals surface area contributed by atoms with Gasteiger partial charge in [0.15, 0.2) is 0 Å². The highest BCUT2D eigenvalue weighted by Crippen LogP contribution is 2.32. The van der Waals surface area contributed by atoms with Gasteiger partial charge in [-0.1, -0.05) is 19.9 Å². The van der Waals surface area contributed by atoms with Crippen LogP contribution in [0.5, 0.6) is 0 Å². The average Bonchev–Trinajstić information content (AvgIpc) is 3.39. The van der Waals surface area contributed by atoms with Crippen LogP contribution in [0.2, 0.25) is 0 Å². The van der Waals surface area contributed by atoms with Gasteiger partial charge in [0, 0.05) is 17.6 Å². The molecule has 0 spiro atoms. The van der Waals surface area contributed by atoms with Gasteiger partial charge >= 0.3 is 11.9 Å². The molecule has 0 radical (unpaired) electrons. The van der Waals surface area contributed by atoms with Crippen molar-refractivity contribution in [1.29, 1.82) is 0 Å². The molecule has 3 rings (SSSR count). The zero-order valence-corrected chi connectivity index (χ0v) is 20.8. The average molecular weight is 509 g/mol. The van der Waals surface area contributed by atoms with Gasteiger partial charge in [-0.3, -0.25) is 19.4 Å². The molecular formula is C22H28N4O6S2. The lowest BCUT2D eigenvalue weighted by molar-refractivity contribution is -0.153. The number of nitrogens with zero attached hydrogens (tertiary/aromatic N) is 2. The second-order valence-electron chi connectivity index (χ2n) is 8.62. The first-order chi connectivity index (χ1) is 16.1. The highest BCUT2D eigenvalue weighted by atomic mass is 32.2. The number of allylic oxidation sites excluding steroid dienone is 1. The molecule has 184 valence electrons. The Bertz CT molecular complexity index is 1020. The molecule has 2 amide bonds. The number of cyclic esters (lactones) is 1. The van der Waals surface area contributed by atoms with Crippen LogP contribution in [0.15, 0.2) is 22.5 Å². The summed E-state index contributed by atoms with van der Waals surface area (Å²) in [6.07, 6.45) is 2.16. The maximum atomic E-state index is 13.1. The quantitative estimate of drug-likeness (QED) is 0.404. The molecule has 3 heterocycles. The van der Waals surface area contributed by atoms with Crippen LogP contribution in [0.25, 0.3) is 0 Å². The van der Waals surface area contributed by atoms with E-state index in [0.717, 1.165) is 0 Å². The molecule has 3 atom stereocenters. The summed E-state index contributed by atoms with van der Waals surface area (Å²) in [5.74, 6) is -2.23. The molecule has 0 fully saturated rings. The van der Waals surface area contributed by atoms with E-state index < -0.39 is 29.6 Å². The van der Waals surface area contributed by atoms with Crippen LogP contribution in [-0.4, -0.2) is 62.3 Å². The predicted octanol–water partition coefficient (Wildman–Crippen LogP) is 1.89. The Labute approximate surface area is 205 Å². The summed E-state index contributed by atoms with van der Waals surface area (Å²) < 4.78 is 5.59. The number of hydrogen-bond acceptors (Lipinski definition) is 9. The fourth-order valence-corrected chi connectivity index (χ4v) is 5.21. The number of hydrogen-bond donors (Lipinski definition) is 3. The Morgan fingerprint density at radius 1 is 1.38 bits per heavy atom. The van der Waals surface area contributed by atoms with E-state index in [9.17, 15) is 19.2 Å². The summed E-state index contributed by atoms with van der Waals surface area (Å²) in [5.41, 5.74) is -0.402. The van der Waals surface area contributed by atoms with Crippen molar-refractivity contribution in [3.05, 3.63) is 28.2 Å². The Balaban J connectivity index is 1.88. The van der Waals surface area contributed by atoms with E-state index in [4.69, 9.17) is 9.84 Å². The largest absolute Gasteiger partial charge is 0.481 e. The molecule has 1 aromatic rings. The number of aliphatic imine (C=N–C) groups is 1. The molecule has 4 bridgehead atoms. The normalized spacial score (nSPS) is 26.2. The summed E-state index contributed by atoms with van der Waals surface area (Å²) in [5, 5.41) is 17.5. The Hall–Kier alpha value is -2.73. The van der Waals surface area contributed by atoms with Crippen molar-refractivity contribution in [2.24, 2.45) is 10.9 Å². The number of aromatic nitrogens is 1. The lowest BCUT2D eigenvalue weighted by Crippen LogP contribution is -2.53. The van der Waals surface area contributed by atoms with E-state index in [1.54, 1.807) is 26.8 Å². The molecule has 3 N–H and O–H groups in total. The Morgan fingerprint density at radius 2 is 2.15 bits per heavy atom. The van der Waals surface area contributed by atoms with E-state index in [2.05, 4.69) is 20.6 Å². The fraction of sp³-hybridized carbons (Fsp3) is 0.545. The van der Waals surface area contributed by atoms with Crippen LogP contribution in [0.4, 0.5) is 0 Å². The van der Waals surface area contributed by atoms with Crippen molar-refractivity contribution in [1.82, 2.24) is 15.6 Å². The second kappa shape index (κ2) is 11.1. The van der Waals surface area contributed by atoms with Gasteiger partial charge in [0.05, 0.1) is 13.0 Å². The monoisotopic (exact) mass is 508 g/mol. The molecule has 0 saturated carbocycles. The van der Waals surface area contributed by atoms with Crippen LogP contribution in [0.3, 0.4) is 0 Å². The van der Waals surface area contributed by atoms with Crippen molar-refractivity contribution >= 4 is 51.9 Å². The first-order valence-electron chi connectivity index (χ1n) is 10.9. The van der Waals surface area contributed by atoms with E-state index in [1.165, 1.54) is 29.2 Å². The van der Waals surface area contributed by atoms with E-state index in [-0.39, 0.29) is 43.5 Å². The van der Waals surface area contributed by atoms with Gasteiger partial charge in [-0.15, -0.1) is 23.1 Å². The zero-order chi connectivity index (χ0) is 24.9. The maximum Gasteiger partial charge on any atom is 0.329 e. The number of thiazole rings is 1. The summed E-state index contributed by atoms with van der Waals surface area (Å²) in [4.78, 5) is 58.6. The highest BCUT2D eigenvalue weighted by molar-refractivity contribution is 8.14. The number of esters is 1. The second-order valence-corrected chi connectivity index (χ2v) is 10.5. The van der Waals surface area contributed by atoms with Gasteiger partial charge in [-0.25, -0.2) is 9.78 Å². The molecule has 0 unspecified atom stereocenters. The number of rotatable bonds is 5. The highest BCUT2D eigenvalue weighted by Gasteiger charge is 2.41. The molecule has 2 aliphatic heterocycles. The summed E-state index contributed by atoms with van der Waals surface area (Å²) in [7, 11) is 0. The van der Waals surface area contributed by atoms with Crippen molar-refractivity contribution in [2.75, 3.05) is 5.75 Å². The topological polar surface area (TPSA) is 147 Å². The Kier molecular flexibility index (Phi) is 8.47. The molecule has 34 heavy (non-hydrogen) atoms. The number of carboxylic acids is 1. The number of carbonyl (C=O) groups is 4. The number of aliphatic carboxylic acids is 1. The Morgan fingerprint density at radius 3 is 2.85 bits per heavy atom. The van der Waals surface area contributed by atoms with Crippen LogP contribution < -0.4 is 10.6 Å². The van der Waals surface area contributed by atoms with Gasteiger partial charge in [0.25, 0.3) is 0 Å². The van der Waals surface area contributed by atoms with Gasteiger partial charge in [-0.2, -0.15) is 0 Å². The van der Waals surface area contributed by atoms with Crippen molar-refractivity contribution in [3.63, 3.8) is 0 Å².